The highest BCUT2D eigenvalue weighted by atomic mass is 79.9. The highest BCUT2D eigenvalue weighted by molar-refractivity contribution is 9.10. The normalized spacial score (nSPS) is 12.3. The molecule has 124 valence electrons. The Labute approximate surface area is 142 Å². The lowest BCUT2D eigenvalue weighted by Gasteiger charge is -2.12. The molecule has 0 aliphatic carbocycles. The molecule has 0 aliphatic heterocycles. The van der Waals surface area contributed by atoms with Crippen LogP contribution in [0.3, 0.4) is 0 Å². The zero-order valence-corrected chi connectivity index (χ0v) is 13.9. The third kappa shape index (κ3) is 2.87. The second-order valence-corrected chi connectivity index (χ2v) is 5.91. The fraction of sp³-hybridized carbons (Fsp3) is 0.143. The monoisotopic (exact) mass is 396 g/mol. The van der Waals surface area contributed by atoms with E-state index in [1.807, 2.05) is 0 Å². The number of fused-ring (bicyclic) bond motifs is 1. The van der Waals surface area contributed by atoms with Gasteiger partial charge in [-0.25, -0.2) is 9.18 Å². The first-order valence-corrected chi connectivity index (χ1v) is 7.63. The Bertz CT molecular complexity index is 1000. The van der Waals surface area contributed by atoms with Crippen molar-refractivity contribution >= 4 is 33.5 Å². The van der Waals surface area contributed by atoms with Crippen LogP contribution in [0.25, 0.3) is 5.65 Å². The molecule has 3 aromatic rings. The second-order valence-electron chi connectivity index (χ2n) is 5.05. The van der Waals surface area contributed by atoms with Gasteiger partial charge in [0.2, 0.25) is 0 Å². The predicted molar refractivity (Wildman–Crippen MR) is 85.6 cm³/mol. The van der Waals surface area contributed by atoms with Gasteiger partial charge in [-0.1, -0.05) is 0 Å². The van der Waals surface area contributed by atoms with Crippen molar-refractivity contribution in [2.75, 3.05) is 5.32 Å². The van der Waals surface area contributed by atoms with Gasteiger partial charge in [-0.3, -0.25) is 4.79 Å². The van der Waals surface area contributed by atoms with E-state index in [1.165, 1.54) is 23.0 Å². The van der Waals surface area contributed by atoms with Gasteiger partial charge >= 0.3 is 11.7 Å². The van der Waals surface area contributed by atoms with E-state index in [2.05, 4.69) is 31.2 Å². The van der Waals surface area contributed by atoms with Crippen LogP contribution in [0.4, 0.5) is 15.0 Å². The number of nitrogens with one attached hydrogen (secondary N) is 2. The molecule has 0 aromatic carbocycles. The fourth-order valence-electron chi connectivity index (χ4n) is 2.28. The van der Waals surface area contributed by atoms with Gasteiger partial charge in [0.15, 0.2) is 0 Å². The number of halogens is 2. The van der Waals surface area contributed by atoms with E-state index in [9.17, 15) is 14.0 Å². The minimum absolute atomic E-state index is 0.222. The zero-order valence-electron chi connectivity index (χ0n) is 12.3. The molecule has 3 rings (SSSR count). The van der Waals surface area contributed by atoms with Crippen LogP contribution in [0.1, 0.15) is 18.5 Å². The molecule has 0 fully saturated rings. The van der Waals surface area contributed by atoms with Gasteiger partial charge in [-0.15, -0.1) is 9.20 Å². The number of nitrogens with zero attached hydrogens (tertiary/aromatic N) is 3. The summed E-state index contributed by atoms with van der Waals surface area (Å²) in [5.41, 5.74) is 0.211. The van der Waals surface area contributed by atoms with Crippen molar-refractivity contribution in [1.82, 2.24) is 14.6 Å². The highest BCUT2D eigenvalue weighted by Gasteiger charge is 2.21. The molecular formula is C14H12BrFN5O3+. The first-order valence-electron chi connectivity index (χ1n) is 6.84. The maximum atomic E-state index is 13.3. The van der Waals surface area contributed by atoms with E-state index in [-0.39, 0.29) is 5.56 Å². The molecule has 3 heterocycles. The van der Waals surface area contributed by atoms with E-state index >= 15 is 0 Å². The van der Waals surface area contributed by atoms with Gasteiger partial charge in [0.05, 0.1) is 18.3 Å². The minimum Gasteiger partial charge on any atom is -0.462 e. The summed E-state index contributed by atoms with van der Waals surface area (Å²) in [7, 11) is 0. The van der Waals surface area contributed by atoms with Crippen molar-refractivity contribution in [3.05, 3.63) is 56.9 Å². The van der Waals surface area contributed by atoms with Crippen LogP contribution >= 0.6 is 15.9 Å². The smallest absolute Gasteiger partial charge is 0.447 e. The second kappa shape index (κ2) is 6.04. The molecule has 0 bridgehead atoms. The molecule has 8 nitrogen and oxygen atoms in total. The largest absolute Gasteiger partial charge is 0.462 e. The van der Waals surface area contributed by atoms with Gasteiger partial charge in [-0.2, -0.15) is 0 Å². The standard InChI is InChI=1S/C14H11BrFN5O3/c1-7(9-4-8(16)5-17-13(9)22)18-12-10(15)6-21-11(19-12)2-3-20(21)14(23)24/h2-7H,1H3,(H2,17,22,23,24)/p+1/t7-/m1/s1. The number of carbonyl (C=O) groups is 1. The van der Waals surface area contributed by atoms with Crippen molar-refractivity contribution in [2.45, 2.75) is 13.0 Å². The third-order valence-corrected chi connectivity index (χ3v) is 4.01. The van der Waals surface area contributed by atoms with E-state index in [0.29, 0.717) is 15.9 Å². The molecule has 0 saturated heterocycles. The van der Waals surface area contributed by atoms with Crippen molar-refractivity contribution in [1.29, 1.82) is 0 Å². The predicted octanol–water partition coefficient (Wildman–Crippen LogP) is 1.91. The zero-order chi connectivity index (χ0) is 17.4. The summed E-state index contributed by atoms with van der Waals surface area (Å²) in [4.78, 5) is 29.6. The summed E-state index contributed by atoms with van der Waals surface area (Å²) in [6, 6.07) is 2.17. The Morgan fingerprint density at radius 1 is 1.58 bits per heavy atom. The van der Waals surface area contributed by atoms with Crippen LogP contribution < -0.4 is 15.4 Å². The van der Waals surface area contributed by atoms with E-state index in [4.69, 9.17) is 5.11 Å². The first kappa shape index (κ1) is 16.1. The Morgan fingerprint density at radius 2 is 2.33 bits per heavy atom. The molecule has 3 aromatic heterocycles. The topological polar surface area (TPSA) is 104 Å². The van der Waals surface area contributed by atoms with E-state index < -0.39 is 23.5 Å². The number of hydrogen-bond acceptors (Lipinski definition) is 4. The molecule has 0 radical (unpaired) electrons. The quantitative estimate of drug-likeness (QED) is 0.586. The molecule has 0 spiro atoms. The van der Waals surface area contributed by atoms with E-state index in [1.54, 1.807) is 6.92 Å². The molecule has 0 saturated carbocycles. The van der Waals surface area contributed by atoms with Crippen LogP contribution in [-0.2, 0) is 0 Å². The first-order chi connectivity index (χ1) is 11.4. The summed E-state index contributed by atoms with van der Waals surface area (Å²) in [5, 5.41) is 12.1. The van der Waals surface area contributed by atoms with Crippen LogP contribution in [0.15, 0.2) is 40.0 Å². The van der Waals surface area contributed by atoms with Gasteiger partial charge in [0.25, 0.3) is 11.4 Å². The van der Waals surface area contributed by atoms with E-state index in [0.717, 1.165) is 16.9 Å². The van der Waals surface area contributed by atoms with Crippen molar-refractivity contribution in [3.8, 4) is 0 Å². The number of H-pyrrole nitrogens is 1. The number of aromatic amines is 1. The Balaban J connectivity index is 1.98. The lowest BCUT2D eigenvalue weighted by Crippen LogP contribution is -2.37. The van der Waals surface area contributed by atoms with Crippen molar-refractivity contribution in [2.24, 2.45) is 0 Å². The summed E-state index contributed by atoms with van der Waals surface area (Å²) >= 11 is 3.31. The highest BCUT2D eigenvalue weighted by Crippen LogP contribution is 2.23. The van der Waals surface area contributed by atoms with Crippen LogP contribution in [0, 0.1) is 5.82 Å². The average molecular weight is 397 g/mol. The van der Waals surface area contributed by atoms with Crippen LogP contribution in [-0.4, -0.2) is 25.8 Å². The van der Waals surface area contributed by atoms with Crippen molar-refractivity contribution in [3.63, 3.8) is 0 Å². The Hall–Kier alpha value is -2.75. The Kier molecular flexibility index (Phi) is 4.06. The molecule has 24 heavy (non-hydrogen) atoms. The average Bonchev–Trinajstić information content (AvgIpc) is 2.92. The fourth-order valence-corrected chi connectivity index (χ4v) is 2.68. The molecule has 10 heteroatoms. The van der Waals surface area contributed by atoms with Gasteiger partial charge in [-0.05, 0) is 33.9 Å². The lowest BCUT2D eigenvalue weighted by atomic mass is 10.1. The molecule has 0 unspecified atom stereocenters. The molecular weight excluding hydrogens is 385 g/mol. The lowest BCUT2D eigenvalue weighted by molar-refractivity contribution is -0.599. The summed E-state index contributed by atoms with van der Waals surface area (Å²) in [6.07, 6.45) is 2.73. The van der Waals surface area contributed by atoms with Gasteiger partial charge < -0.3 is 15.4 Å². The molecule has 1 atom stereocenters. The minimum atomic E-state index is -1.15. The van der Waals surface area contributed by atoms with Crippen molar-refractivity contribution < 1.29 is 18.8 Å². The van der Waals surface area contributed by atoms with Crippen LogP contribution in [0.2, 0.25) is 0 Å². The summed E-state index contributed by atoms with van der Waals surface area (Å²) in [5.74, 6) is -0.149. The molecule has 3 N–H and O–H groups in total. The summed E-state index contributed by atoms with van der Waals surface area (Å²) < 4.78 is 16.1. The van der Waals surface area contributed by atoms with Crippen LogP contribution in [0.5, 0.6) is 0 Å². The van der Waals surface area contributed by atoms with Gasteiger partial charge in [0.1, 0.15) is 16.5 Å². The number of hydrogen-bond donors (Lipinski definition) is 3. The third-order valence-electron chi connectivity index (χ3n) is 3.43. The SMILES string of the molecule is C[C@@H](Nc1nc2ccn(C(=O)O)[n+]2cc1Br)c1cc(F)c[nH]c1=O. The number of carboxylic acid groups (broad SMARTS) is 1. The number of rotatable bonds is 3. The Morgan fingerprint density at radius 3 is 3.04 bits per heavy atom. The number of anilines is 1. The number of pyridine rings is 1. The number of aromatic nitrogens is 4. The summed E-state index contributed by atoms with van der Waals surface area (Å²) in [6.45, 7) is 1.69. The maximum absolute atomic E-state index is 13.3. The molecule has 0 amide bonds. The molecule has 0 aliphatic rings. The maximum Gasteiger partial charge on any atom is 0.447 e. The van der Waals surface area contributed by atoms with Gasteiger partial charge in [0, 0.05) is 11.8 Å².